The summed E-state index contributed by atoms with van der Waals surface area (Å²) in [5.74, 6) is 5.12. The molecule has 0 atom stereocenters. The molecule has 0 unspecified atom stereocenters. The molecule has 0 aliphatic heterocycles. The third kappa shape index (κ3) is 1.26. The van der Waals surface area contributed by atoms with E-state index in [2.05, 4.69) is 12.0 Å². The van der Waals surface area contributed by atoms with Gasteiger partial charge in [0.05, 0.1) is 12.8 Å². The fourth-order valence-electron chi connectivity index (χ4n) is 1.82. The highest BCUT2D eigenvalue weighted by molar-refractivity contribution is 5.33. The molecule has 4 heteroatoms. The van der Waals surface area contributed by atoms with Crippen molar-refractivity contribution in [3.63, 3.8) is 0 Å². The van der Waals surface area contributed by atoms with Crippen molar-refractivity contribution in [1.29, 1.82) is 0 Å². The van der Waals surface area contributed by atoms with Crippen molar-refractivity contribution < 1.29 is 4.84 Å². The van der Waals surface area contributed by atoms with Crippen LogP contribution in [0.3, 0.4) is 0 Å². The Labute approximate surface area is 77.6 Å². The van der Waals surface area contributed by atoms with Gasteiger partial charge in [0.2, 0.25) is 0 Å². The first-order chi connectivity index (χ1) is 6.19. The number of nitrogens with two attached hydrogens (primary N) is 1. The number of aryl methyl sites for hydroxylation is 1. The van der Waals surface area contributed by atoms with E-state index < -0.39 is 0 Å². The number of nitrogens with zero attached hydrogens (tertiary/aromatic N) is 2. The van der Waals surface area contributed by atoms with Crippen molar-refractivity contribution in [1.82, 2.24) is 9.78 Å². The van der Waals surface area contributed by atoms with E-state index in [0.717, 1.165) is 12.8 Å². The molecule has 0 bridgehead atoms. The normalized spacial score (nSPS) is 19.0. The Hall–Kier alpha value is -0.870. The number of aromatic nitrogens is 2. The molecule has 0 amide bonds. The van der Waals surface area contributed by atoms with Crippen LogP contribution in [0.25, 0.3) is 0 Å². The van der Waals surface area contributed by atoms with E-state index in [4.69, 9.17) is 10.7 Å². The highest BCUT2D eigenvalue weighted by Crippen LogP contribution is 2.49. The second kappa shape index (κ2) is 2.82. The van der Waals surface area contributed by atoms with Crippen molar-refractivity contribution in [3.8, 4) is 0 Å². The minimum Gasteiger partial charge on any atom is -0.304 e. The monoisotopic (exact) mass is 181 g/mol. The summed E-state index contributed by atoms with van der Waals surface area (Å²) < 4.78 is 1.89. The second-order valence-corrected chi connectivity index (χ2v) is 3.86. The lowest BCUT2D eigenvalue weighted by Gasteiger charge is -2.12. The Morgan fingerprint density at radius 1 is 1.69 bits per heavy atom. The highest BCUT2D eigenvalue weighted by atomic mass is 16.6. The zero-order chi connectivity index (χ0) is 9.47. The van der Waals surface area contributed by atoms with Gasteiger partial charge < -0.3 is 4.84 Å². The Kier molecular flexibility index (Phi) is 1.89. The van der Waals surface area contributed by atoms with Crippen LogP contribution in [0.2, 0.25) is 0 Å². The van der Waals surface area contributed by atoms with Gasteiger partial charge in [0, 0.05) is 23.7 Å². The first kappa shape index (κ1) is 8.72. The van der Waals surface area contributed by atoms with Crippen molar-refractivity contribution >= 4 is 0 Å². The average molecular weight is 181 g/mol. The largest absolute Gasteiger partial charge is 0.304 e. The molecule has 72 valence electrons. The van der Waals surface area contributed by atoms with Gasteiger partial charge in [-0.05, 0) is 19.8 Å². The molecule has 13 heavy (non-hydrogen) atoms. The summed E-state index contributed by atoms with van der Waals surface area (Å²) in [6.45, 7) is 2.69. The molecule has 1 aliphatic carbocycles. The smallest absolute Gasteiger partial charge is 0.0777 e. The number of rotatable bonds is 3. The first-order valence-corrected chi connectivity index (χ1v) is 4.50. The predicted octanol–water partition coefficient (Wildman–Crippen LogP) is 0.650. The Bertz CT molecular complexity index is 315. The summed E-state index contributed by atoms with van der Waals surface area (Å²) >= 11 is 0. The van der Waals surface area contributed by atoms with Gasteiger partial charge in [-0.25, -0.2) is 5.90 Å². The van der Waals surface area contributed by atoms with E-state index in [-0.39, 0.29) is 5.41 Å². The van der Waals surface area contributed by atoms with Gasteiger partial charge >= 0.3 is 0 Å². The predicted molar refractivity (Wildman–Crippen MR) is 49.0 cm³/mol. The zero-order valence-electron chi connectivity index (χ0n) is 8.08. The lowest BCUT2D eigenvalue weighted by molar-refractivity contribution is 0.116. The molecule has 1 heterocycles. The molecular weight excluding hydrogens is 166 g/mol. The van der Waals surface area contributed by atoms with Crippen LogP contribution < -0.4 is 5.90 Å². The quantitative estimate of drug-likeness (QED) is 0.696. The molecule has 0 radical (unpaired) electrons. The van der Waals surface area contributed by atoms with Crippen LogP contribution in [0.5, 0.6) is 0 Å². The van der Waals surface area contributed by atoms with E-state index in [0.29, 0.717) is 6.61 Å². The minimum absolute atomic E-state index is 0.174. The maximum Gasteiger partial charge on any atom is 0.0777 e. The van der Waals surface area contributed by atoms with E-state index >= 15 is 0 Å². The van der Waals surface area contributed by atoms with E-state index in [1.165, 1.54) is 11.3 Å². The van der Waals surface area contributed by atoms with Crippen LogP contribution in [-0.4, -0.2) is 16.4 Å². The van der Waals surface area contributed by atoms with E-state index in [9.17, 15) is 0 Å². The summed E-state index contributed by atoms with van der Waals surface area (Å²) in [5, 5.41) is 4.22. The molecule has 1 aromatic rings. The van der Waals surface area contributed by atoms with E-state index in [1.54, 1.807) is 0 Å². The molecule has 2 rings (SSSR count). The molecule has 4 nitrogen and oxygen atoms in total. The van der Waals surface area contributed by atoms with Crippen LogP contribution in [0.1, 0.15) is 24.1 Å². The fraction of sp³-hybridized carbons (Fsp3) is 0.667. The highest BCUT2D eigenvalue weighted by Gasteiger charge is 2.46. The van der Waals surface area contributed by atoms with Crippen molar-refractivity contribution in [3.05, 3.63) is 17.5 Å². The number of hydrogen-bond acceptors (Lipinski definition) is 3. The molecule has 1 saturated carbocycles. The average Bonchev–Trinajstić information content (AvgIpc) is 2.79. The Balaban J connectivity index is 2.30. The van der Waals surface area contributed by atoms with Gasteiger partial charge in [-0.1, -0.05) is 0 Å². The summed E-state index contributed by atoms with van der Waals surface area (Å²) in [6.07, 6.45) is 4.26. The molecule has 0 saturated heterocycles. The van der Waals surface area contributed by atoms with Gasteiger partial charge in [-0.2, -0.15) is 5.10 Å². The third-order valence-electron chi connectivity index (χ3n) is 3.02. The summed E-state index contributed by atoms with van der Waals surface area (Å²) in [5.41, 5.74) is 2.68. The van der Waals surface area contributed by atoms with Crippen LogP contribution in [0, 0.1) is 6.92 Å². The van der Waals surface area contributed by atoms with Gasteiger partial charge in [0.1, 0.15) is 0 Å². The van der Waals surface area contributed by atoms with Gasteiger partial charge in [-0.3, -0.25) is 4.68 Å². The standard InChI is InChI=1S/C9H15N3O/c1-7-8(5-11-12(7)2)9(3-4-9)6-13-10/h5H,3-4,6,10H2,1-2H3. The van der Waals surface area contributed by atoms with Crippen LogP contribution in [0.4, 0.5) is 0 Å². The zero-order valence-corrected chi connectivity index (χ0v) is 8.08. The molecule has 0 aromatic carbocycles. The molecular formula is C9H15N3O. The van der Waals surface area contributed by atoms with Crippen molar-refractivity contribution in [2.24, 2.45) is 12.9 Å². The maximum atomic E-state index is 5.12. The topological polar surface area (TPSA) is 53.1 Å². The second-order valence-electron chi connectivity index (χ2n) is 3.86. The number of hydrogen-bond donors (Lipinski definition) is 1. The molecule has 1 aromatic heterocycles. The van der Waals surface area contributed by atoms with Crippen LogP contribution >= 0.6 is 0 Å². The van der Waals surface area contributed by atoms with Crippen molar-refractivity contribution in [2.75, 3.05) is 6.61 Å². The molecule has 0 spiro atoms. The lowest BCUT2D eigenvalue weighted by Crippen LogP contribution is -2.18. The van der Waals surface area contributed by atoms with Crippen LogP contribution in [0.15, 0.2) is 6.20 Å². The van der Waals surface area contributed by atoms with Crippen molar-refractivity contribution in [2.45, 2.75) is 25.2 Å². The van der Waals surface area contributed by atoms with Gasteiger partial charge in [0.25, 0.3) is 0 Å². The summed E-state index contributed by atoms with van der Waals surface area (Å²) in [7, 11) is 1.96. The summed E-state index contributed by atoms with van der Waals surface area (Å²) in [6, 6.07) is 0. The Morgan fingerprint density at radius 3 is 2.77 bits per heavy atom. The van der Waals surface area contributed by atoms with Gasteiger partial charge in [0.15, 0.2) is 0 Å². The first-order valence-electron chi connectivity index (χ1n) is 4.50. The maximum absolute atomic E-state index is 5.12. The van der Waals surface area contributed by atoms with Crippen LogP contribution in [-0.2, 0) is 17.3 Å². The molecule has 1 aliphatic rings. The minimum atomic E-state index is 0.174. The third-order valence-corrected chi connectivity index (χ3v) is 3.02. The SMILES string of the molecule is Cc1c(C2(CON)CC2)cnn1C. The fourth-order valence-corrected chi connectivity index (χ4v) is 1.82. The molecule has 1 fully saturated rings. The summed E-state index contributed by atoms with van der Waals surface area (Å²) in [4.78, 5) is 4.75. The molecule has 2 N–H and O–H groups in total. The lowest BCUT2D eigenvalue weighted by atomic mass is 9.98. The van der Waals surface area contributed by atoms with Gasteiger partial charge in [-0.15, -0.1) is 0 Å². The Morgan fingerprint density at radius 2 is 2.38 bits per heavy atom. The van der Waals surface area contributed by atoms with E-state index in [1.807, 2.05) is 17.9 Å².